The lowest BCUT2D eigenvalue weighted by molar-refractivity contribution is -0.119. The van der Waals surface area contributed by atoms with Gasteiger partial charge in [-0.05, 0) is 43.9 Å². The van der Waals surface area contributed by atoms with E-state index in [4.69, 9.17) is 10.7 Å². The second-order valence-corrected chi connectivity index (χ2v) is 9.18. The van der Waals surface area contributed by atoms with E-state index < -0.39 is 0 Å². The van der Waals surface area contributed by atoms with Gasteiger partial charge < -0.3 is 16.0 Å². The monoisotopic (exact) mass is 447 g/mol. The van der Waals surface area contributed by atoms with E-state index in [9.17, 15) is 9.59 Å². The minimum absolute atomic E-state index is 0.0524. The molecule has 0 atom stereocenters. The van der Waals surface area contributed by atoms with Crippen LogP contribution in [0, 0.1) is 0 Å². The number of benzene rings is 2. The first-order valence-corrected chi connectivity index (χ1v) is 11.9. The molecular formula is C24H25N5O2S. The summed E-state index contributed by atoms with van der Waals surface area (Å²) in [4.78, 5) is 34.2. The minimum Gasteiger partial charge on any atom is -0.353 e. The molecule has 1 saturated carbocycles. The highest BCUT2D eigenvalue weighted by molar-refractivity contribution is 7.99. The van der Waals surface area contributed by atoms with Gasteiger partial charge in [0.2, 0.25) is 5.91 Å². The van der Waals surface area contributed by atoms with Gasteiger partial charge in [0.25, 0.3) is 5.56 Å². The number of fused-ring (bicyclic) bond motifs is 3. The van der Waals surface area contributed by atoms with Crippen molar-refractivity contribution in [3.05, 3.63) is 65.0 Å². The number of hydrogen-bond acceptors (Lipinski definition) is 5. The van der Waals surface area contributed by atoms with Gasteiger partial charge in [-0.25, -0.2) is 4.98 Å². The number of rotatable bonds is 5. The van der Waals surface area contributed by atoms with Crippen LogP contribution in [0.5, 0.6) is 0 Å². The fourth-order valence-corrected chi connectivity index (χ4v) is 5.12. The van der Waals surface area contributed by atoms with Gasteiger partial charge >= 0.3 is 0 Å². The highest BCUT2D eigenvalue weighted by Crippen LogP contribution is 2.26. The highest BCUT2D eigenvalue weighted by atomic mass is 32.2. The molecule has 1 fully saturated rings. The minimum atomic E-state index is -0.179. The molecular weight excluding hydrogens is 422 g/mol. The standard InChI is InChI=1S/C24H25N5O2S/c25-15-10-12-16(13-11-15)26-20(30)14-32-24-28-21-18-8-4-5-9-19(18)27-22(21)23(31)29(24)17-6-2-1-3-7-17/h1-9,15-16,27H,10-14,25H2,(H,26,30). The van der Waals surface area contributed by atoms with E-state index in [1.54, 1.807) is 4.57 Å². The molecule has 1 aliphatic rings. The number of nitrogens with two attached hydrogens (primary N) is 1. The lowest BCUT2D eigenvalue weighted by Gasteiger charge is -2.26. The molecule has 0 radical (unpaired) electrons. The molecule has 7 nitrogen and oxygen atoms in total. The van der Waals surface area contributed by atoms with E-state index in [1.807, 2.05) is 54.6 Å². The maximum atomic E-state index is 13.5. The number of aromatic nitrogens is 3. The first kappa shape index (κ1) is 20.8. The number of amides is 1. The molecule has 0 saturated heterocycles. The number of thioether (sulfide) groups is 1. The van der Waals surface area contributed by atoms with Crippen molar-refractivity contribution in [2.45, 2.75) is 42.9 Å². The van der Waals surface area contributed by atoms with Gasteiger partial charge in [0.05, 0.1) is 11.4 Å². The SMILES string of the molecule is NC1CCC(NC(=O)CSc2nc3c([nH]c4ccccc43)c(=O)n2-c2ccccc2)CC1. The fourth-order valence-electron chi connectivity index (χ4n) is 4.31. The predicted octanol–water partition coefficient (Wildman–Crippen LogP) is 3.35. The van der Waals surface area contributed by atoms with Crippen LogP contribution < -0.4 is 16.6 Å². The largest absolute Gasteiger partial charge is 0.353 e. The normalized spacial score (nSPS) is 18.8. The van der Waals surface area contributed by atoms with E-state index in [1.165, 1.54) is 11.8 Å². The summed E-state index contributed by atoms with van der Waals surface area (Å²) in [7, 11) is 0. The van der Waals surface area contributed by atoms with Crippen LogP contribution in [-0.4, -0.2) is 38.3 Å². The Morgan fingerprint density at radius 3 is 2.59 bits per heavy atom. The van der Waals surface area contributed by atoms with Gasteiger partial charge in [0, 0.05) is 23.0 Å². The lowest BCUT2D eigenvalue weighted by Crippen LogP contribution is -2.41. The molecule has 4 N–H and O–H groups in total. The van der Waals surface area contributed by atoms with E-state index in [-0.39, 0.29) is 29.3 Å². The summed E-state index contributed by atoms with van der Waals surface area (Å²) >= 11 is 1.28. The number of carbonyl (C=O) groups is 1. The summed E-state index contributed by atoms with van der Waals surface area (Å²) in [5.41, 5.74) is 8.45. The molecule has 0 spiro atoms. The third-order valence-electron chi connectivity index (χ3n) is 5.98. The van der Waals surface area contributed by atoms with Crippen LogP contribution in [0.1, 0.15) is 25.7 Å². The van der Waals surface area contributed by atoms with Crippen molar-refractivity contribution < 1.29 is 4.79 Å². The Labute approximate surface area is 189 Å². The van der Waals surface area contributed by atoms with Gasteiger partial charge in [-0.2, -0.15) is 0 Å². The van der Waals surface area contributed by atoms with Crippen LogP contribution in [0.4, 0.5) is 0 Å². The molecule has 2 aromatic carbocycles. The quantitative estimate of drug-likeness (QED) is 0.321. The third-order valence-corrected chi connectivity index (χ3v) is 6.92. The molecule has 5 rings (SSSR count). The number of aromatic amines is 1. The van der Waals surface area contributed by atoms with Gasteiger partial charge in [0.15, 0.2) is 5.16 Å². The van der Waals surface area contributed by atoms with Crippen molar-refractivity contribution in [1.82, 2.24) is 19.9 Å². The van der Waals surface area contributed by atoms with Gasteiger partial charge in [-0.15, -0.1) is 0 Å². The molecule has 1 amide bonds. The molecule has 0 aliphatic heterocycles. The van der Waals surface area contributed by atoms with Crippen LogP contribution in [0.3, 0.4) is 0 Å². The molecule has 8 heteroatoms. The summed E-state index contributed by atoms with van der Waals surface area (Å²) in [6, 6.07) is 17.5. The molecule has 164 valence electrons. The van der Waals surface area contributed by atoms with E-state index >= 15 is 0 Å². The van der Waals surface area contributed by atoms with Crippen molar-refractivity contribution in [3.8, 4) is 5.69 Å². The molecule has 1 aliphatic carbocycles. The second-order valence-electron chi connectivity index (χ2n) is 8.23. The Balaban J connectivity index is 1.48. The van der Waals surface area contributed by atoms with E-state index in [2.05, 4.69) is 10.3 Å². The Kier molecular flexibility index (Phi) is 5.71. The van der Waals surface area contributed by atoms with Crippen molar-refractivity contribution in [3.63, 3.8) is 0 Å². The van der Waals surface area contributed by atoms with Crippen molar-refractivity contribution in [1.29, 1.82) is 0 Å². The number of nitrogens with zero attached hydrogens (tertiary/aromatic N) is 2. The Morgan fingerprint density at radius 2 is 1.81 bits per heavy atom. The van der Waals surface area contributed by atoms with Crippen LogP contribution in [0.2, 0.25) is 0 Å². The molecule has 0 unspecified atom stereocenters. The van der Waals surface area contributed by atoms with Crippen molar-refractivity contribution in [2.75, 3.05) is 5.75 Å². The highest BCUT2D eigenvalue weighted by Gasteiger charge is 2.21. The average molecular weight is 448 g/mol. The van der Waals surface area contributed by atoms with Gasteiger partial charge in [-0.3, -0.25) is 14.2 Å². The maximum Gasteiger partial charge on any atom is 0.283 e. The van der Waals surface area contributed by atoms with Crippen LogP contribution in [0.15, 0.2) is 64.5 Å². The summed E-state index contributed by atoms with van der Waals surface area (Å²) < 4.78 is 1.58. The average Bonchev–Trinajstić information content (AvgIpc) is 3.19. The number of para-hydroxylation sites is 2. The van der Waals surface area contributed by atoms with Crippen molar-refractivity contribution in [2.24, 2.45) is 5.73 Å². The zero-order valence-corrected chi connectivity index (χ0v) is 18.4. The van der Waals surface area contributed by atoms with Crippen LogP contribution in [-0.2, 0) is 4.79 Å². The molecule has 2 heterocycles. The predicted molar refractivity (Wildman–Crippen MR) is 128 cm³/mol. The Hall–Kier alpha value is -3.10. The molecule has 4 aromatic rings. The zero-order chi connectivity index (χ0) is 22.1. The molecule has 0 bridgehead atoms. The number of carbonyl (C=O) groups excluding carboxylic acids is 1. The van der Waals surface area contributed by atoms with Crippen LogP contribution in [0.25, 0.3) is 27.6 Å². The smallest absolute Gasteiger partial charge is 0.283 e. The zero-order valence-electron chi connectivity index (χ0n) is 17.6. The fraction of sp³-hybridized carbons (Fsp3) is 0.292. The van der Waals surface area contributed by atoms with Crippen molar-refractivity contribution >= 4 is 39.6 Å². The van der Waals surface area contributed by atoms with E-state index in [0.29, 0.717) is 16.2 Å². The third kappa shape index (κ3) is 4.03. The summed E-state index contributed by atoms with van der Waals surface area (Å²) in [6.07, 6.45) is 3.69. The summed E-state index contributed by atoms with van der Waals surface area (Å²) in [5.74, 6) is 0.138. The van der Waals surface area contributed by atoms with Gasteiger partial charge in [-0.1, -0.05) is 48.2 Å². The maximum absolute atomic E-state index is 13.5. The first-order valence-electron chi connectivity index (χ1n) is 10.9. The molecule has 32 heavy (non-hydrogen) atoms. The number of nitrogens with one attached hydrogen (secondary N) is 2. The number of H-pyrrole nitrogens is 1. The van der Waals surface area contributed by atoms with Gasteiger partial charge in [0.1, 0.15) is 11.0 Å². The second kappa shape index (κ2) is 8.80. The summed E-state index contributed by atoms with van der Waals surface area (Å²) in [5, 5.41) is 4.50. The topological polar surface area (TPSA) is 106 Å². The Bertz CT molecular complexity index is 1320. The lowest BCUT2D eigenvalue weighted by atomic mass is 9.92. The Morgan fingerprint density at radius 1 is 1.09 bits per heavy atom. The first-order chi connectivity index (χ1) is 15.6. The summed E-state index contributed by atoms with van der Waals surface area (Å²) in [6.45, 7) is 0. The van der Waals surface area contributed by atoms with E-state index in [0.717, 1.165) is 42.3 Å². The van der Waals surface area contributed by atoms with Crippen LogP contribution >= 0.6 is 11.8 Å². The molecule has 2 aromatic heterocycles. The number of hydrogen-bond donors (Lipinski definition) is 3.